The Balaban J connectivity index is 1.52. The average molecular weight is 480 g/mol. The minimum Gasteiger partial charge on any atom is -0.497 e. The van der Waals surface area contributed by atoms with Gasteiger partial charge in [0.2, 0.25) is 5.91 Å². The van der Waals surface area contributed by atoms with Crippen molar-refractivity contribution in [2.75, 3.05) is 12.0 Å². The Morgan fingerprint density at radius 3 is 2.23 bits per heavy atom. The SMILES string of the molecule is COc1ccc2sc(N(Cc3ccccn3)C(=O)CC(c3ccccc3)c3ccccc3)nc2c1. The van der Waals surface area contributed by atoms with Crippen molar-refractivity contribution in [2.45, 2.75) is 18.9 Å². The number of thiazole rings is 1. The number of methoxy groups -OCH3 is 1. The van der Waals surface area contributed by atoms with Crippen molar-refractivity contribution < 1.29 is 9.53 Å². The van der Waals surface area contributed by atoms with E-state index in [0.717, 1.165) is 32.8 Å². The third-order valence-corrected chi connectivity index (χ3v) is 7.00. The molecule has 0 aliphatic heterocycles. The lowest BCUT2D eigenvalue weighted by atomic mass is 9.88. The van der Waals surface area contributed by atoms with Gasteiger partial charge in [0.25, 0.3) is 0 Å². The molecule has 0 aliphatic carbocycles. The van der Waals surface area contributed by atoms with Crippen LogP contribution >= 0.6 is 11.3 Å². The number of fused-ring (bicyclic) bond motifs is 1. The van der Waals surface area contributed by atoms with Crippen LogP contribution in [0.5, 0.6) is 5.75 Å². The highest BCUT2D eigenvalue weighted by molar-refractivity contribution is 7.22. The van der Waals surface area contributed by atoms with Gasteiger partial charge < -0.3 is 4.74 Å². The van der Waals surface area contributed by atoms with Gasteiger partial charge in [0, 0.05) is 24.6 Å². The topological polar surface area (TPSA) is 55.3 Å². The van der Waals surface area contributed by atoms with Crippen LogP contribution in [0.4, 0.5) is 5.13 Å². The Kier molecular flexibility index (Phi) is 6.82. The number of hydrogen-bond acceptors (Lipinski definition) is 5. The fourth-order valence-corrected chi connectivity index (χ4v) is 5.10. The Labute approximate surface area is 208 Å². The highest BCUT2D eigenvalue weighted by atomic mass is 32.1. The lowest BCUT2D eigenvalue weighted by Gasteiger charge is -2.24. The van der Waals surface area contributed by atoms with E-state index in [0.29, 0.717) is 18.1 Å². The predicted molar refractivity (Wildman–Crippen MR) is 141 cm³/mol. The maximum atomic E-state index is 13.9. The summed E-state index contributed by atoms with van der Waals surface area (Å²) in [6, 6.07) is 31.9. The number of pyridine rings is 1. The Bertz CT molecular complexity index is 1370. The highest BCUT2D eigenvalue weighted by Gasteiger charge is 2.26. The second kappa shape index (κ2) is 10.5. The molecule has 174 valence electrons. The van der Waals surface area contributed by atoms with Crippen LogP contribution in [0.1, 0.15) is 29.2 Å². The van der Waals surface area contributed by atoms with Crippen LogP contribution < -0.4 is 9.64 Å². The summed E-state index contributed by atoms with van der Waals surface area (Å²) in [5.41, 5.74) is 3.84. The van der Waals surface area contributed by atoms with Gasteiger partial charge in [-0.2, -0.15) is 0 Å². The zero-order valence-electron chi connectivity index (χ0n) is 19.4. The first kappa shape index (κ1) is 22.7. The van der Waals surface area contributed by atoms with E-state index in [-0.39, 0.29) is 11.8 Å². The standard InChI is InChI=1S/C29H25N3O2S/c1-34-24-15-16-27-26(18-24)31-29(35-27)32(20-23-14-8-9-17-30-23)28(33)19-25(21-10-4-2-5-11-21)22-12-6-3-7-13-22/h2-18,25H,19-20H2,1H3. The Morgan fingerprint density at radius 1 is 0.914 bits per heavy atom. The molecule has 0 radical (unpaired) electrons. The van der Waals surface area contributed by atoms with Crippen molar-refractivity contribution in [3.8, 4) is 5.75 Å². The molecule has 5 nitrogen and oxygen atoms in total. The summed E-state index contributed by atoms with van der Waals surface area (Å²) >= 11 is 1.50. The maximum absolute atomic E-state index is 13.9. The van der Waals surface area contributed by atoms with Crippen molar-refractivity contribution in [2.24, 2.45) is 0 Å². The molecule has 35 heavy (non-hydrogen) atoms. The average Bonchev–Trinajstić information content (AvgIpc) is 3.34. The van der Waals surface area contributed by atoms with E-state index in [1.807, 2.05) is 72.8 Å². The van der Waals surface area contributed by atoms with Crippen molar-refractivity contribution in [3.05, 3.63) is 120 Å². The molecule has 0 aliphatic rings. The largest absolute Gasteiger partial charge is 0.497 e. The van der Waals surface area contributed by atoms with Gasteiger partial charge in [-0.1, -0.05) is 78.1 Å². The second-order valence-electron chi connectivity index (χ2n) is 8.21. The Hall–Kier alpha value is -4.03. The summed E-state index contributed by atoms with van der Waals surface area (Å²) in [6.07, 6.45) is 2.07. The number of ether oxygens (including phenoxy) is 1. The fraction of sp³-hybridized carbons (Fsp3) is 0.138. The summed E-state index contributed by atoms with van der Waals surface area (Å²) < 4.78 is 6.36. The van der Waals surface area contributed by atoms with Gasteiger partial charge in [0.15, 0.2) is 5.13 Å². The lowest BCUT2D eigenvalue weighted by Crippen LogP contribution is -2.32. The minimum atomic E-state index is -0.0643. The van der Waals surface area contributed by atoms with Crippen LogP contribution in [0.25, 0.3) is 10.2 Å². The highest BCUT2D eigenvalue weighted by Crippen LogP contribution is 2.34. The molecule has 0 bridgehead atoms. The van der Waals surface area contributed by atoms with Crippen LogP contribution in [0.3, 0.4) is 0 Å². The molecular weight excluding hydrogens is 454 g/mol. The van der Waals surface area contributed by atoms with E-state index in [9.17, 15) is 4.79 Å². The zero-order valence-corrected chi connectivity index (χ0v) is 20.2. The number of anilines is 1. The minimum absolute atomic E-state index is 0.000574. The third kappa shape index (κ3) is 5.23. The van der Waals surface area contributed by atoms with Crippen LogP contribution in [-0.4, -0.2) is 23.0 Å². The fourth-order valence-electron chi connectivity index (χ4n) is 4.14. The summed E-state index contributed by atoms with van der Waals surface area (Å²) in [4.78, 5) is 25.0. The summed E-state index contributed by atoms with van der Waals surface area (Å²) in [5, 5.41) is 0.656. The molecule has 0 fully saturated rings. The molecule has 6 heteroatoms. The van der Waals surface area contributed by atoms with E-state index in [1.165, 1.54) is 11.3 Å². The van der Waals surface area contributed by atoms with Crippen LogP contribution in [-0.2, 0) is 11.3 Å². The molecule has 0 atom stereocenters. The van der Waals surface area contributed by atoms with E-state index in [4.69, 9.17) is 9.72 Å². The van der Waals surface area contributed by atoms with Crippen LogP contribution in [0.2, 0.25) is 0 Å². The first-order valence-electron chi connectivity index (χ1n) is 11.5. The van der Waals surface area contributed by atoms with Crippen molar-refractivity contribution in [1.82, 2.24) is 9.97 Å². The number of aromatic nitrogens is 2. The summed E-state index contributed by atoms with van der Waals surface area (Å²) in [7, 11) is 1.64. The van der Waals surface area contributed by atoms with Crippen molar-refractivity contribution >= 4 is 32.6 Å². The van der Waals surface area contributed by atoms with E-state index >= 15 is 0 Å². The first-order chi connectivity index (χ1) is 17.2. The van der Waals surface area contributed by atoms with Gasteiger partial charge in [-0.15, -0.1) is 0 Å². The number of amides is 1. The van der Waals surface area contributed by atoms with Gasteiger partial charge in [-0.25, -0.2) is 4.98 Å². The number of carbonyl (C=O) groups excluding carboxylic acids is 1. The smallest absolute Gasteiger partial charge is 0.230 e. The number of carbonyl (C=O) groups is 1. The number of rotatable bonds is 8. The van der Waals surface area contributed by atoms with E-state index in [2.05, 4.69) is 29.2 Å². The third-order valence-electron chi connectivity index (χ3n) is 5.94. The molecule has 0 saturated heterocycles. The second-order valence-corrected chi connectivity index (χ2v) is 9.22. The number of nitrogens with zero attached hydrogens (tertiary/aromatic N) is 3. The molecule has 0 N–H and O–H groups in total. The van der Waals surface area contributed by atoms with Crippen molar-refractivity contribution in [1.29, 1.82) is 0 Å². The molecule has 1 amide bonds. The van der Waals surface area contributed by atoms with Gasteiger partial charge >= 0.3 is 0 Å². The lowest BCUT2D eigenvalue weighted by molar-refractivity contribution is -0.119. The normalized spacial score (nSPS) is 11.0. The maximum Gasteiger partial charge on any atom is 0.230 e. The van der Waals surface area contributed by atoms with Gasteiger partial charge in [-0.3, -0.25) is 14.7 Å². The molecule has 0 spiro atoms. The van der Waals surface area contributed by atoms with E-state index < -0.39 is 0 Å². The molecular formula is C29H25N3O2S. The van der Waals surface area contributed by atoms with Gasteiger partial charge in [-0.05, 0) is 35.4 Å². The van der Waals surface area contributed by atoms with Gasteiger partial charge in [0.05, 0.1) is 29.6 Å². The number of benzene rings is 3. The monoisotopic (exact) mass is 479 g/mol. The molecule has 2 heterocycles. The molecule has 2 aromatic heterocycles. The molecule has 5 rings (SSSR count). The summed E-state index contributed by atoms with van der Waals surface area (Å²) in [6.45, 7) is 0.354. The Morgan fingerprint density at radius 2 is 1.60 bits per heavy atom. The van der Waals surface area contributed by atoms with Crippen LogP contribution in [0.15, 0.2) is 103 Å². The van der Waals surface area contributed by atoms with Gasteiger partial charge in [0.1, 0.15) is 5.75 Å². The zero-order chi connectivity index (χ0) is 24.0. The molecule has 5 aromatic rings. The van der Waals surface area contributed by atoms with E-state index in [1.54, 1.807) is 18.2 Å². The molecule has 0 saturated carbocycles. The molecule has 0 unspecified atom stereocenters. The summed E-state index contributed by atoms with van der Waals surface area (Å²) in [5.74, 6) is 0.676. The van der Waals surface area contributed by atoms with Crippen LogP contribution in [0, 0.1) is 0 Å². The first-order valence-corrected chi connectivity index (χ1v) is 12.3. The van der Waals surface area contributed by atoms with Crippen molar-refractivity contribution in [3.63, 3.8) is 0 Å². The quantitative estimate of drug-likeness (QED) is 0.256. The number of hydrogen-bond donors (Lipinski definition) is 0. The predicted octanol–water partition coefficient (Wildman–Crippen LogP) is 6.46. The molecule has 3 aromatic carbocycles.